The fraction of sp³-hybridized carbons (Fsp3) is 0.143. The maximum atomic E-state index is 13.0. The Kier molecular flexibility index (Phi) is 6.09. The highest BCUT2D eigenvalue weighted by molar-refractivity contribution is 7.92. The monoisotopic (exact) mass is 487 g/mol. The van der Waals surface area contributed by atoms with E-state index in [-0.39, 0.29) is 21.6 Å². The molecule has 4 rings (SSSR count). The Morgan fingerprint density at radius 3 is 2.50 bits per heavy atom. The number of rotatable bonds is 7. The van der Waals surface area contributed by atoms with Crippen LogP contribution in [0.3, 0.4) is 0 Å². The number of nitrogens with one attached hydrogen (secondary N) is 1. The fourth-order valence-electron chi connectivity index (χ4n) is 3.08. The number of nitrogen functional groups attached to an aromatic ring is 1. The number of carbonyl (C=O) groups is 1. The largest absolute Gasteiger partial charge is 0.397 e. The van der Waals surface area contributed by atoms with Crippen LogP contribution in [-0.2, 0) is 16.4 Å². The zero-order chi connectivity index (χ0) is 22.9. The molecular formula is C21H18ClN5O3S2. The average molecular weight is 488 g/mol. The van der Waals surface area contributed by atoms with Gasteiger partial charge in [0, 0.05) is 16.6 Å². The van der Waals surface area contributed by atoms with E-state index in [2.05, 4.69) is 26.8 Å². The van der Waals surface area contributed by atoms with Crippen LogP contribution in [0.1, 0.15) is 34.3 Å². The van der Waals surface area contributed by atoms with Crippen LogP contribution in [0.25, 0.3) is 10.2 Å². The van der Waals surface area contributed by atoms with E-state index in [4.69, 9.17) is 17.3 Å². The van der Waals surface area contributed by atoms with Gasteiger partial charge < -0.3 is 5.73 Å². The molecule has 4 aromatic rings. The molecule has 164 valence electrons. The number of benzene rings is 1. The van der Waals surface area contributed by atoms with E-state index in [0.717, 1.165) is 23.9 Å². The van der Waals surface area contributed by atoms with E-state index in [1.165, 1.54) is 47.7 Å². The zero-order valence-electron chi connectivity index (χ0n) is 16.9. The Morgan fingerprint density at radius 1 is 1.09 bits per heavy atom. The lowest BCUT2D eigenvalue weighted by atomic mass is 10.1. The first-order valence-electron chi connectivity index (χ1n) is 9.63. The number of hydrogen-bond acceptors (Lipinski definition) is 8. The van der Waals surface area contributed by atoms with Crippen LogP contribution in [-0.4, -0.2) is 29.4 Å². The number of aromatic nitrogens is 3. The van der Waals surface area contributed by atoms with Crippen molar-refractivity contribution < 1.29 is 13.2 Å². The van der Waals surface area contributed by atoms with Crippen molar-refractivity contribution in [3.05, 3.63) is 69.8 Å². The summed E-state index contributed by atoms with van der Waals surface area (Å²) in [5, 5.41) is 8.16. The smallest absolute Gasteiger partial charge is 0.263 e. The minimum Gasteiger partial charge on any atom is -0.397 e. The Morgan fingerprint density at radius 2 is 1.84 bits per heavy atom. The van der Waals surface area contributed by atoms with Crippen LogP contribution in [0, 0.1) is 0 Å². The van der Waals surface area contributed by atoms with E-state index in [0.29, 0.717) is 21.0 Å². The van der Waals surface area contributed by atoms with Crippen molar-refractivity contribution in [1.82, 2.24) is 15.2 Å². The number of aryl methyl sites for hydroxylation is 1. The Hall–Kier alpha value is -3.08. The van der Waals surface area contributed by atoms with Crippen molar-refractivity contribution in [1.29, 1.82) is 0 Å². The summed E-state index contributed by atoms with van der Waals surface area (Å²) in [6.07, 6.45) is 1.82. The first kappa shape index (κ1) is 22.1. The standard InChI is InChI=1S/C21H18ClN5O3S2/c1-2-3-13-6-9-15-18(23)20(31-21(15)24-13)19(28)12-4-7-14(8-5-12)32(29,30)27-17-11-10-16(22)25-26-17/h4-11H,2-3,23H2,1H3,(H,26,27). The molecule has 1 aromatic carbocycles. The molecule has 0 atom stereocenters. The lowest BCUT2D eigenvalue weighted by Crippen LogP contribution is -2.14. The van der Waals surface area contributed by atoms with Gasteiger partial charge in [0.15, 0.2) is 11.0 Å². The molecular weight excluding hydrogens is 470 g/mol. The van der Waals surface area contributed by atoms with Crippen molar-refractivity contribution in [2.24, 2.45) is 0 Å². The normalized spacial score (nSPS) is 11.6. The second-order valence-electron chi connectivity index (χ2n) is 6.95. The number of anilines is 2. The third-order valence-corrected chi connectivity index (χ3v) is 7.35. The van der Waals surface area contributed by atoms with E-state index < -0.39 is 10.0 Å². The molecule has 11 heteroatoms. The predicted molar refractivity (Wildman–Crippen MR) is 126 cm³/mol. The van der Waals surface area contributed by atoms with Gasteiger partial charge in [0.2, 0.25) is 5.78 Å². The number of sulfonamides is 1. The van der Waals surface area contributed by atoms with Crippen LogP contribution in [0.4, 0.5) is 11.5 Å². The first-order valence-corrected chi connectivity index (χ1v) is 12.3. The van der Waals surface area contributed by atoms with Gasteiger partial charge in [-0.15, -0.1) is 21.5 Å². The molecule has 0 spiro atoms. The average Bonchev–Trinajstić information content (AvgIpc) is 3.11. The van der Waals surface area contributed by atoms with Gasteiger partial charge >= 0.3 is 0 Å². The molecule has 0 fully saturated rings. The van der Waals surface area contributed by atoms with Crippen molar-refractivity contribution in [2.45, 2.75) is 24.7 Å². The molecule has 0 saturated carbocycles. The maximum Gasteiger partial charge on any atom is 0.263 e. The second kappa shape index (κ2) is 8.81. The minimum atomic E-state index is -3.91. The number of fused-ring (bicyclic) bond motifs is 1. The molecule has 0 aliphatic heterocycles. The quantitative estimate of drug-likeness (QED) is 0.372. The highest BCUT2D eigenvalue weighted by atomic mass is 35.5. The van der Waals surface area contributed by atoms with E-state index >= 15 is 0 Å². The number of hydrogen-bond donors (Lipinski definition) is 2. The highest BCUT2D eigenvalue weighted by Crippen LogP contribution is 2.34. The number of nitrogens with zero attached hydrogens (tertiary/aromatic N) is 3. The van der Waals surface area contributed by atoms with Crippen molar-refractivity contribution >= 4 is 60.5 Å². The SMILES string of the molecule is CCCc1ccc2c(N)c(C(=O)c3ccc(S(=O)(=O)Nc4ccc(Cl)nn4)cc3)sc2n1. The number of carbonyl (C=O) groups excluding carboxylic acids is 1. The molecule has 8 nitrogen and oxygen atoms in total. The summed E-state index contributed by atoms with van der Waals surface area (Å²) in [6.45, 7) is 2.08. The first-order chi connectivity index (χ1) is 15.3. The fourth-order valence-corrected chi connectivity index (χ4v) is 5.25. The topological polar surface area (TPSA) is 128 Å². The van der Waals surface area contributed by atoms with Gasteiger partial charge in [-0.05, 0) is 55.0 Å². The van der Waals surface area contributed by atoms with Crippen molar-refractivity contribution in [3.8, 4) is 0 Å². The van der Waals surface area contributed by atoms with Gasteiger partial charge in [-0.25, -0.2) is 13.4 Å². The number of nitrogens with two attached hydrogens (primary N) is 1. The van der Waals surface area contributed by atoms with Gasteiger partial charge in [0.25, 0.3) is 10.0 Å². The van der Waals surface area contributed by atoms with Gasteiger partial charge in [-0.1, -0.05) is 24.9 Å². The number of pyridine rings is 1. The Balaban J connectivity index is 1.59. The number of halogens is 1. The third-order valence-electron chi connectivity index (χ3n) is 4.66. The van der Waals surface area contributed by atoms with Crippen molar-refractivity contribution in [2.75, 3.05) is 10.5 Å². The summed E-state index contributed by atoms with van der Waals surface area (Å²) >= 11 is 6.90. The molecule has 3 N–H and O–H groups in total. The molecule has 0 bridgehead atoms. The molecule has 0 radical (unpaired) electrons. The molecule has 0 saturated heterocycles. The predicted octanol–water partition coefficient (Wildman–Crippen LogP) is 4.31. The summed E-state index contributed by atoms with van der Waals surface area (Å²) in [4.78, 5) is 18.7. The Labute approximate surface area is 193 Å². The molecule has 0 aliphatic carbocycles. The van der Waals surface area contributed by atoms with Gasteiger partial charge in [-0.3, -0.25) is 9.52 Å². The summed E-state index contributed by atoms with van der Waals surface area (Å²) < 4.78 is 27.5. The molecule has 3 aromatic heterocycles. The molecule has 0 amide bonds. The maximum absolute atomic E-state index is 13.0. The summed E-state index contributed by atoms with van der Waals surface area (Å²) in [5.74, 6) is -0.259. The highest BCUT2D eigenvalue weighted by Gasteiger charge is 2.21. The van der Waals surface area contributed by atoms with Crippen LogP contribution < -0.4 is 10.5 Å². The van der Waals surface area contributed by atoms with Crippen molar-refractivity contribution in [3.63, 3.8) is 0 Å². The van der Waals surface area contributed by atoms with Gasteiger partial charge in [0.05, 0.1) is 10.6 Å². The molecule has 0 unspecified atom stereocenters. The number of ketones is 1. The summed E-state index contributed by atoms with van der Waals surface area (Å²) in [5.41, 5.74) is 7.87. The molecule has 0 aliphatic rings. The molecule has 32 heavy (non-hydrogen) atoms. The number of thiophene rings is 1. The van der Waals surface area contributed by atoms with Crippen LogP contribution in [0.15, 0.2) is 53.4 Å². The second-order valence-corrected chi connectivity index (χ2v) is 10.0. The van der Waals surface area contributed by atoms with E-state index in [9.17, 15) is 13.2 Å². The van der Waals surface area contributed by atoms with E-state index in [1.54, 1.807) is 0 Å². The van der Waals surface area contributed by atoms with Crippen LogP contribution in [0.5, 0.6) is 0 Å². The summed E-state index contributed by atoms with van der Waals surface area (Å²) in [7, 11) is -3.91. The lowest BCUT2D eigenvalue weighted by Gasteiger charge is -2.07. The lowest BCUT2D eigenvalue weighted by molar-refractivity contribution is 0.104. The summed E-state index contributed by atoms with van der Waals surface area (Å²) in [6, 6.07) is 12.2. The van der Waals surface area contributed by atoms with Gasteiger partial charge in [-0.2, -0.15) is 0 Å². The van der Waals surface area contributed by atoms with Gasteiger partial charge in [0.1, 0.15) is 9.71 Å². The van der Waals surface area contributed by atoms with E-state index in [1.807, 2.05) is 12.1 Å². The third kappa shape index (κ3) is 4.43. The Bertz CT molecular complexity index is 1400. The minimum absolute atomic E-state index is 0.0269. The zero-order valence-corrected chi connectivity index (χ0v) is 19.3. The van der Waals surface area contributed by atoms with Crippen LogP contribution >= 0.6 is 22.9 Å². The van der Waals surface area contributed by atoms with Crippen LogP contribution in [0.2, 0.25) is 5.15 Å². The molecule has 3 heterocycles.